The summed E-state index contributed by atoms with van der Waals surface area (Å²) in [4.78, 5) is 11.9. The van der Waals surface area contributed by atoms with Gasteiger partial charge in [-0.2, -0.15) is 0 Å². The van der Waals surface area contributed by atoms with E-state index in [0.717, 1.165) is 18.4 Å². The number of hydrogen-bond donors (Lipinski definition) is 2. The van der Waals surface area contributed by atoms with Crippen LogP contribution in [-0.2, 0) is 11.3 Å². The first-order valence-electron chi connectivity index (χ1n) is 7.53. The van der Waals surface area contributed by atoms with E-state index in [2.05, 4.69) is 10.6 Å². The average molecular weight is 274 g/mol. The van der Waals surface area contributed by atoms with Crippen LogP contribution in [0.2, 0.25) is 0 Å². The second-order valence-electron chi connectivity index (χ2n) is 5.87. The highest BCUT2D eigenvalue weighted by atomic mass is 16.5. The van der Waals surface area contributed by atoms with E-state index >= 15 is 0 Å². The SMILES string of the molecule is O=C(NC1CC2CCCC(C1)N2)OCc1ccccc1. The van der Waals surface area contributed by atoms with Crippen molar-refractivity contribution in [2.45, 2.75) is 56.8 Å². The normalized spacial score (nSPS) is 28.7. The maximum atomic E-state index is 11.9. The van der Waals surface area contributed by atoms with Crippen molar-refractivity contribution in [3.63, 3.8) is 0 Å². The molecule has 1 aromatic carbocycles. The molecule has 108 valence electrons. The highest BCUT2D eigenvalue weighted by Crippen LogP contribution is 2.25. The zero-order valence-corrected chi connectivity index (χ0v) is 11.7. The first-order chi connectivity index (χ1) is 9.79. The van der Waals surface area contributed by atoms with E-state index in [1.54, 1.807) is 0 Å². The fourth-order valence-electron chi connectivity index (χ4n) is 3.31. The summed E-state index contributed by atoms with van der Waals surface area (Å²) in [6.07, 6.45) is 5.53. The molecule has 2 aliphatic heterocycles. The van der Waals surface area contributed by atoms with E-state index in [0.29, 0.717) is 18.7 Å². The summed E-state index contributed by atoms with van der Waals surface area (Å²) in [7, 11) is 0. The second-order valence-corrected chi connectivity index (χ2v) is 5.87. The van der Waals surface area contributed by atoms with Gasteiger partial charge in [-0.3, -0.25) is 0 Å². The molecule has 0 aromatic heterocycles. The van der Waals surface area contributed by atoms with Crippen LogP contribution < -0.4 is 10.6 Å². The predicted octanol–water partition coefficient (Wildman–Crippen LogP) is 2.59. The summed E-state index contributed by atoms with van der Waals surface area (Å²) in [5.41, 5.74) is 1.02. The third kappa shape index (κ3) is 3.51. The van der Waals surface area contributed by atoms with Gasteiger partial charge in [0, 0.05) is 18.1 Å². The molecule has 2 saturated heterocycles. The molecule has 20 heavy (non-hydrogen) atoms. The molecule has 4 heteroatoms. The number of piperidine rings is 2. The molecule has 1 aromatic rings. The Kier molecular flexibility index (Phi) is 4.21. The van der Waals surface area contributed by atoms with Crippen LogP contribution >= 0.6 is 0 Å². The fourth-order valence-corrected chi connectivity index (χ4v) is 3.31. The Balaban J connectivity index is 1.44. The molecule has 3 rings (SSSR count). The van der Waals surface area contributed by atoms with Crippen molar-refractivity contribution < 1.29 is 9.53 Å². The van der Waals surface area contributed by atoms with Gasteiger partial charge in [0.25, 0.3) is 0 Å². The van der Waals surface area contributed by atoms with E-state index in [-0.39, 0.29) is 12.1 Å². The zero-order valence-electron chi connectivity index (χ0n) is 11.7. The van der Waals surface area contributed by atoms with Gasteiger partial charge in [0.1, 0.15) is 6.61 Å². The van der Waals surface area contributed by atoms with Gasteiger partial charge in [-0.1, -0.05) is 36.8 Å². The van der Waals surface area contributed by atoms with Gasteiger partial charge in [0.05, 0.1) is 0 Å². The lowest BCUT2D eigenvalue weighted by atomic mass is 9.84. The molecule has 0 radical (unpaired) electrons. The Hall–Kier alpha value is -1.55. The molecule has 0 spiro atoms. The number of benzene rings is 1. The summed E-state index contributed by atoms with van der Waals surface area (Å²) in [6, 6.07) is 11.2. The van der Waals surface area contributed by atoms with Crippen molar-refractivity contribution in [1.29, 1.82) is 0 Å². The van der Waals surface area contributed by atoms with Crippen molar-refractivity contribution in [2.24, 2.45) is 0 Å². The van der Waals surface area contributed by atoms with Crippen LogP contribution in [0.1, 0.15) is 37.7 Å². The van der Waals surface area contributed by atoms with E-state index in [9.17, 15) is 4.79 Å². The lowest BCUT2D eigenvalue weighted by molar-refractivity contribution is 0.125. The second kappa shape index (κ2) is 6.27. The molecule has 0 saturated carbocycles. The minimum atomic E-state index is -0.293. The van der Waals surface area contributed by atoms with Crippen molar-refractivity contribution in [2.75, 3.05) is 0 Å². The standard InChI is InChI=1S/C16H22N2O2/c19-16(20-11-12-5-2-1-3-6-12)18-15-9-13-7-4-8-14(10-15)17-13/h1-3,5-6,13-15,17H,4,7-11H2,(H,18,19). The largest absolute Gasteiger partial charge is 0.445 e. The van der Waals surface area contributed by atoms with Crippen molar-refractivity contribution in [3.8, 4) is 0 Å². The van der Waals surface area contributed by atoms with Gasteiger partial charge in [-0.15, -0.1) is 0 Å². The number of carbonyl (C=O) groups is 1. The molecule has 2 atom stereocenters. The number of ether oxygens (including phenoxy) is 1. The Labute approximate surface area is 119 Å². The quantitative estimate of drug-likeness (QED) is 0.890. The van der Waals surface area contributed by atoms with Crippen LogP contribution in [0.3, 0.4) is 0 Å². The third-order valence-electron chi connectivity index (χ3n) is 4.25. The van der Waals surface area contributed by atoms with Gasteiger partial charge in [0.15, 0.2) is 0 Å². The Morgan fingerprint density at radius 3 is 2.60 bits per heavy atom. The zero-order chi connectivity index (χ0) is 13.8. The van der Waals surface area contributed by atoms with E-state index in [1.165, 1.54) is 19.3 Å². The Morgan fingerprint density at radius 2 is 1.90 bits per heavy atom. The number of amides is 1. The van der Waals surface area contributed by atoms with Crippen LogP contribution in [-0.4, -0.2) is 24.2 Å². The maximum Gasteiger partial charge on any atom is 0.407 e. The van der Waals surface area contributed by atoms with Crippen LogP contribution in [0.15, 0.2) is 30.3 Å². The number of carbonyl (C=O) groups excluding carboxylic acids is 1. The van der Waals surface area contributed by atoms with Gasteiger partial charge in [-0.25, -0.2) is 4.79 Å². The molecular formula is C16H22N2O2. The first-order valence-corrected chi connectivity index (χ1v) is 7.53. The summed E-state index contributed by atoms with van der Waals surface area (Å²) in [6.45, 7) is 0.338. The number of nitrogens with one attached hydrogen (secondary N) is 2. The van der Waals surface area contributed by atoms with Crippen molar-refractivity contribution in [3.05, 3.63) is 35.9 Å². The third-order valence-corrected chi connectivity index (χ3v) is 4.25. The minimum Gasteiger partial charge on any atom is -0.445 e. The molecule has 2 heterocycles. The summed E-state index contributed by atoms with van der Waals surface area (Å²) in [5.74, 6) is 0. The van der Waals surface area contributed by atoms with Crippen LogP contribution in [0.25, 0.3) is 0 Å². The Bertz CT molecular complexity index is 437. The molecule has 4 nitrogen and oxygen atoms in total. The fraction of sp³-hybridized carbons (Fsp3) is 0.562. The number of hydrogen-bond acceptors (Lipinski definition) is 3. The molecule has 2 unspecified atom stereocenters. The van der Waals surface area contributed by atoms with Gasteiger partial charge in [-0.05, 0) is 31.2 Å². The van der Waals surface area contributed by atoms with Gasteiger partial charge < -0.3 is 15.4 Å². The summed E-state index contributed by atoms with van der Waals surface area (Å²) < 4.78 is 5.28. The van der Waals surface area contributed by atoms with Crippen LogP contribution in [0.4, 0.5) is 4.79 Å². The molecule has 0 aliphatic carbocycles. The van der Waals surface area contributed by atoms with Gasteiger partial charge in [0.2, 0.25) is 0 Å². The van der Waals surface area contributed by atoms with Crippen molar-refractivity contribution >= 4 is 6.09 Å². The smallest absolute Gasteiger partial charge is 0.407 e. The summed E-state index contributed by atoms with van der Waals surface area (Å²) >= 11 is 0. The molecule has 1 amide bonds. The number of alkyl carbamates (subject to hydrolysis) is 1. The Morgan fingerprint density at radius 1 is 1.20 bits per heavy atom. The maximum absolute atomic E-state index is 11.9. The molecule has 2 aliphatic rings. The van der Waals surface area contributed by atoms with E-state index in [4.69, 9.17) is 4.74 Å². The number of rotatable bonds is 3. The van der Waals surface area contributed by atoms with Crippen LogP contribution in [0, 0.1) is 0 Å². The monoisotopic (exact) mass is 274 g/mol. The van der Waals surface area contributed by atoms with E-state index < -0.39 is 0 Å². The van der Waals surface area contributed by atoms with Crippen LogP contribution in [0.5, 0.6) is 0 Å². The predicted molar refractivity (Wildman–Crippen MR) is 77.3 cm³/mol. The molecular weight excluding hydrogens is 252 g/mol. The lowest BCUT2D eigenvalue weighted by Crippen LogP contribution is -2.54. The highest BCUT2D eigenvalue weighted by molar-refractivity contribution is 5.67. The highest BCUT2D eigenvalue weighted by Gasteiger charge is 2.31. The minimum absolute atomic E-state index is 0.259. The first kappa shape index (κ1) is 13.4. The molecule has 2 fully saturated rings. The topological polar surface area (TPSA) is 50.4 Å². The van der Waals surface area contributed by atoms with Crippen molar-refractivity contribution in [1.82, 2.24) is 10.6 Å². The average Bonchev–Trinajstić information content (AvgIpc) is 2.46. The molecule has 2 N–H and O–H groups in total. The van der Waals surface area contributed by atoms with Gasteiger partial charge >= 0.3 is 6.09 Å². The van der Waals surface area contributed by atoms with E-state index in [1.807, 2.05) is 30.3 Å². The summed E-state index contributed by atoms with van der Waals surface area (Å²) in [5, 5.41) is 6.64. The molecule has 2 bridgehead atoms. The number of fused-ring (bicyclic) bond motifs is 2. The lowest BCUT2D eigenvalue weighted by Gasteiger charge is -2.40.